The lowest BCUT2D eigenvalue weighted by Gasteiger charge is -2.29. The standard InChI is InChI=1S/C17H32N4O8/c1-5-7(2)11(19-14(25)10(18)6-22)15(26)20-12(8(3)23)16(27)21-13(9(4)24)17(28)29/h7-13,22-24H,5-6,18H2,1-4H3,(H,19,25)(H,20,26)(H,21,27)(H,28,29). The first-order chi connectivity index (χ1) is 13.4. The van der Waals surface area contributed by atoms with Crippen molar-refractivity contribution < 1.29 is 39.6 Å². The minimum atomic E-state index is -1.65. The highest BCUT2D eigenvalue weighted by molar-refractivity contribution is 5.94. The van der Waals surface area contributed by atoms with E-state index in [0.717, 1.165) is 6.92 Å². The van der Waals surface area contributed by atoms with Gasteiger partial charge in [-0.25, -0.2) is 4.79 Å². The number of carbonyl (C=O) groups is 4. The summed E-state index contributed by atoms with van der Waals surface area (Å²) in [7, 11) is 0. The molecule has 29 heavy (non-hydrogen) atoms. The Morgan fingerprint density at radius 1 is 0.828 bits per heavy atom. The van der Waals surface area contributed by atoms with Gasteiger partial charge in [-0.1, -0.05) is 20.3 Å². The Bertz CT molecular complexity index is 584. The maximum absolute atomic E-state index is 12.7. The van der Waals surface area contributed by atoms with E-state index >= 15 is 0 Å². The number of hydrogen-bond acceptors (Lipinski definition) is 8. The highest BCUT2D eigenvalue weighted by atomic mass is 16.4. The number of nitrogens with one attached hydrogen (secondary N) is 3. The lowest BCUT2D eigenvalue weighted by Crippen LogP contribution is -2.62. The van der Waals surface area contributed by atoms with E-state index in [1.165, 1.54) is 6.92 Å². The fourth-order valence-electron chi connectivity index (χ4n) is 2.33. The summed E-state index contributed by atoms with van der Waals surface area (Å²) in [4.78, 5) is 48.2. The number of carbonyl (C=O) groups excluding carboxylic acids is 3. The average molecular weight is 420 g/mol. The van der Waals surface area contributed by atoms with Crippen LogP contribution in [0.1, 0.15) is 34.1 Å². The molecule has 0 saturated heterocycles. The lowest BCUT2D eigenvalue weighted by molar-refractivity contribution is -0.146. The highest BCUT2D eigenvalue weighted by Crippen LogP contribution is 2.09. The van der Waals surface area contributed by atoms with Crippen LogP contribution in [0.3, 0.4) is 0 Å². The lowest BCUT2D eigenvalue weighted by atomic mass is 9.97. The molecule has 0 radical (unpaired) electrons. The number of carboxylic acids is 1. The highest BCUT2D eigenvalue weighted by Gasteiger charge is 2.35. The number of aliphatic hydroxyl groups excluding tert-OH is 3. The molecule has 0 fully saturated rings. The number of hydrogen-bond donors (Lipinski definition) is 8. The summed E-state index contributed by atoms with van der Waals surface area (Å²) in [6, 6.07) is -5.55. The van der Waals surface area contributed by atoms with Crippen LogP contribution in [0.2, 0.25) is 0 Å². The maximum Gasteiger partial charge on any atom is 0.328 e. The van der Waals surface area contributed by atoms with Crippen LogP contribution in [0, 0.1) is 5.92 Å². The van der Waals surface area contributed by atoms with Crippen LogP contribution < -0.4 is 21.7 Å². The molecule has 0 aromatic carbocycles. The molecule has 0 aliphatic rings. The number of rotatable bonds is 12. The van der Waals surface area contributed by atoms with Gasteiger partial charge in [-0.3, -0.25) is 14.4 Å². The van der Waals surface area contributed by atoms with E-state index in [1.807, 2.05) is 5.32 Å². The monoisotopic (exact) mass is 420 g/mol. The van der Waals surface area contributed by atoms with Crippen molar-refractivity contribution in [3.63, 3.8) is 0 Å². The van der Waals surface area contributed by atoms with Gasteiger partial charge in [0.1, 0.15) is 18.1 Å². The molecule has 0 spiro atoms. The Labute approximate surface area is 168 Å². The number of nitrogens with two attached hydrogens (primary N) is 1. The van der Waals surface area contributed by atoms with Crippen molar-refractivity contribution in [1.29, 1.82) is 0 Å². The zero-order valence-corrected chi connectivity index (χ0v) is 17.0. The van der Waals surface area contributed by atoms with Crippen molar-refractivity contribution in [2.24, 2.45) is 11.7 Å². The van der Waals surface area contributed by atoms with Crippen LogP contribution >= 0.6 is 0 Å². The molecular weight excluding hydrogens is 388 g/mol. The molecule has 0 saturated carbocycles. The first-order valence-electron chi connectivity index (χ1n) is 9.23. The third kappa shape index (κ3) is 8.31. The molecule has 0 aromatic rings. The summed E-state index contributed by atoms with van der Waals surface area (Å²) < 4.78 is 0. The molecule has 0 aromatic heterocycles. The van der Waals surface area contributed by atoms with Crippen molar-refractivity contribution in [2.75, 3.05) is 6.61 Å². The SMILES string of the molecule is CCC(C)C(NC(=O)C(N)CO)C(=O)NC(C(=O)NC(C(=O)O)C(C)O)C(C)O. The molecular formula is C17H32N4O8. The van der Waals surface area contributed by atoms with Crippen molar-refractivity contribution in [1.82, 2.24) is 16.0 Å². The van der Waals surface area contributed by atoms with Gasteiger partial charge in [-0.05, 0) is 19.8 Å². The Morgan fingerprint density at radius 2 is 1.24 bits per heavy atom. The number of carboxylic acid groups (broad SMARTS) is 1. The third-order valence-electron chi connectivity index (χ3n) is 4.44. The number of amides is 3. The molecule has 0 bridgehead atoms. The summed E-state index contributed by atoms with van der Waals surface area (Å²) in [5.74, 6) is -4.48. The second kappa shape index (κ2) is 12.3. The molecule has 12 nitrogen and oxygen atoms in total. The Morgan fingerprint density at radius 3 is 1.62 bits per heavy atom. The van der Waals surface area contributed by atoms with E-state index in [9.17, 15) is 29.4 Å². The van der Waals surface area contributed by atoms with Gasteiger partial charge >= 0.3 is 5.97 Å². The second-order valence-corrected chi connectivity index (χ2v) is 6.95. The Hall–Kier alpha value is -2.28. The molecule has 7 atom stereocenters. The van der Waals surface area contributed by atoms with Crippen LogP contribution in [-0.4, -0.2) is 87.1 Å². The van der Waals surface area contributed by atoms with E-state index in [0.29, 0.717) is 6.42 Å². The van der Waals surface area contributed by atoms with Crippen molar-refractivity contribution >= 4 is 23.7 Å². The Kier molecular flexibility index (Phi) is 11.3. The summed E-state index contributed by atoms with van der Waals surface area (Å²) in [6.07, 6.45) is -2.36. The summed E-state index contributed by atoms with van der Waals surface area (Å²) in [5, 5.41) is 44.1. The normalized spacial score (nSPS) is 18.3. The van der Waals surface area contributed by atoms with E-state index in [2.05, 4.69) is 10.6 Å². The minimum absolute atomic E-state index is 0.383. The fourth-order valence-corrected chi connectivity index (χ4v) is 2.33. The molecule has 9 N–H and O–H groups in total. The van der Waals surface area contributed by atoms with Gasteiger partial charge in [0.2, 0.25) is 17.7 Å². The predicted octanol–water partition coefficient (Wildman–Crippen LogP) is -3.35. The van der Waals surface area contributed by atoms with Crippen LogP contribution in [0.5, 0.6) is 0 Å². The van der Waals surface area contributed by atoms with Crippen molar-refractivity contribution in [3.8, 4) is 0 Å². The molecule has 0 rings (SSSR count). The van der Waals surface area contributed by atoms with Gasteiger partial charge in [0.05, 0.1) is 18.8 Å². The predicted molar refractivity (Wildman–Crippen MR) is 101 cm³/mol. The number of aliphatic carboxylic acids is 1. The van der Waals surface area contributed by atoms with Crippen LogP contribution in [0.25, 0.3) is 0 Å². The molecule has 168 valence electrons. The van der Waals surface area contributed by atoms with E-state index in [-0.39, 0.29) is 5.92 Å². The first kappa shape index (κ1) is 26.7. The van der Waals surface area contributed by atoms with Crippen molar-refractivity contribution in [3.05, 3.63) is 0 Å². The molecule has 3 amide bonds. The summed E-state index contributed by atoms with van der Waals surface area (Å²) in [5.41, 5.74) is 5.44. The largest absolute Gasteiger partial charge is 0.480 e. The van der Waals surface area contributed by atoms with Gasteiger partial charge in [0.25, 0.3) is 0 Å². The zero-order valence-electron chi connectivity index (χ0n) is 17.0. The quantitative estimate of drug-likeness (QED) is 0.158. The van der Waals surface area contributed by atoms with Crippen LogP contribution in [0.15, 0.2) is 0 Å². The van der Waals surface area contributed by atoms with Crippen LogP contribution in [0.4, 0.5) is 0 Å². The summed E-state index contributed by atoms with van der Waals surface area (Å²) in [6.45, 7) is 5.17. The smallest absolute Gasteiger partial charge is 0.328 e. The van der Waals surface area contributed by atoms with Gasteiger partial charge < -0.3 is 42.1 Å². The second-order valence-electron chi connectivity index (χ2n) is 6.95. The summed E-state index contributed by atoms with van der Waals surface area (Å²) >= 11 is 0. The third-order valence-corrected chi connectivity index (χ3v) is 4.44. The fraction of sp³-hybridized carbons (Fsp3) is 0.765. The van der Waals surface area contributed by atoms with Gasteiger partial charge in [-0.15, -0.1) is 0 Å². The molecule has 0 aliphatic heterocycles. The number of aliphatic hydroxyl groups is 3. The average Bonchev–Trinajstić information content (AvgIpc) is 2.65. The van der Waals surface area contributed by atoms with Gasteiger partial charge in [-0.2, -0.15) is 0 Å². The topological polar surface area (TPSA) is 211 Å². The molecule has 0 aliphatic carbocycles. The van der Waals surface area contributed by atoms with Gasteiger partial charge in [0.15, 0.2) is 6.04 Å². The molecule has 0 heterocycles. The van der Waals surface area contributed by atoms with Crippen molar-refractivity contribution in [2.45, 2.75) is 70.5 Å². The molecule has 7 unspecified atom stereocenters. The first-order valence-corrected chi connectivity index (χ1v) is 9.23. The van der Waals surface area contributed by atoms with Gasteiger partial charge in [0, 0.05) is 0 Å². The van der Waals surface area contributed by atoms with E-state index in [1.54, 1.807) is 13.8 Å². The Balaban J connectivity index is 5.44. The maximum atomic E-state index is 12.7. The minimum Gasteiger partial charge on any atom is -0.480 e. The van der Waals surface area contributed by atoms with Crippen LogP contribution in [-0.2, 0) is 19.2 Å². The van der Waals surface area contributed by atoms with E-state index < -0.39 is 66.7 Å². The molecule has 12 heteroatoms. The van der Waals surface area contributed by atoms with E-state index in [4.69, 9.17) is 15.9 Å². The zero-order chi connectivity index (χ0) is 22.9.